The van der Waals surface area contributed by atoms with Gasteiger partial charge in [-0.3, -0.25) is 0 Å². The molecule has 0 heterocycles. The van der Waals surface area contributed by atoms with Crippen LogP contribution in [0.5, 0.6) is 0 Å². The van der Waals surface area contributed by atoms with Crippen molar-refractivity contribution in [1.82, 2.24) is 4.90 Å². The van der Waals surface area contributed by atoms with E-state index in [1.807, 2.05) is 0 Å². The van der Waals surface area contributed by atoms with Crippen molar-refractivity contribution in [2.24, 2.45) is 0 Å². The lowest BCUT2D eigenvalue weighted by atomic mass is 10.6. The van der Waals surface area contributed by atoms with Gasteiger partial charge < -0.3 is 4.90 Å². The molecule has 0 atom stereocenters. The van der Waals surface area contributed by atoms with E-state index in [9.17, 15) is 0 Å². The zero-order valence-electron chi connectivity index (χ0n) is 7.57. The van der Waals surface area contributed by atoms with Crippen LogP contribution in [-0.4, -0.2) is 25.0 Å². The molecule has 0 aromatic heterocycles. The number of hydrogen-bond donors (Lipinski definition) is 0. The Morgan fingerprint density at radius 2 is 1.11 bits per heavy atom. The number of hydrogen-bond acceptors (Lipinski definition) is 1. The molecular formula is C8H21N. The van der Waals surface area contributed by atoms with Crippen molar-refractivity contribution in [3.05, 3.63) is 0 Å². The van der Waals surface area contributed by atoms with Crippen molar-refractivity contribution >= 4 is 0 Å². The molecule has 0 saturated heterocycles. The minimum atomic E-state index is 1.16. The van der Waals surface area contributed by atoms with Crippen LogP contribution in [-0.2, 0) is 0 Å². The van der Waals surface area contributed by atoms with Gasteiger partial charge in [0, 0.05) is 0 Å². The van der Waals surface area contributed by atoms with Crippen molar-refractivity contribution in [3.8, 4) is 0 Å². The Hall–Kier alpha value is -0.0400. The van der Waals surface area contributed by atoms with Gasteiger partial charge in [-0.25, -0.2) is 0 Å². The molecule has 1 nitrogen and oxygen atoms in total. The van der Waals surface area contributed by atoms with Crippen LogP contribution in [0.4, 0.5) is 0 Å². The first kappa shape index (κ1) is 11.7. The summed E-state index contributed by atoms with van der Waals surface area (Å²) in [4.78, 5) is 2.25. The van der Waals surface area contributed by atoms with Gasteiger partial charge in [-0.1, -0.05) is 34.1 Å². The Labute approximate surface area is 60.1 Å². The quantitative estimate of drug-likeness (QED) is 0.556. The summed E-state index contributed by atoms with van der Waals surface area (Å²) in [5.74, 6) is 0. The molecule has 0 spiro atoms. The highest BCUT2D eigenvalue weighted by Crippen LogP contribution is 1.73. The Kier molecular flexibility index (Phi) is 14.1. The average Bonchev–Trinajstić information content (AvgIpc) is 1.88. The van der Waals surface area contributed by atoms with Crippen LogP contribution >= 0.6 is 0 Å². The Balaban J connectivity index is 0. The molecule has 1 heteroatoms. The van der Waals surface area contributed by atoms with Gasteiger partial charge in [-0.2, -0.15) is 0 Å². The van der Waals surface area contributed by atoms with Gasteiger partial charge in [0.1, 0.15) is 0 Å². The topological polar surface area (TPSA) is 3.24 Å². The molecule has 0 saturated carbocycles. The molecule has 0 bridgehead atoms. The molecule has 9 heavy (non-hydrogen) atoms. The number of rotatable bonds is 2. The molecule has 0 aromatic carbocycles. The van der Waals surface area contributed by atoms with Gasteiger partial charge in [-0.05, 0) is 20.1 Å². The maximum Gasteiger partial charge on any atom is -0.00504 e. The second-order valence-electron chi connectivity index (χ2n) is 2.20. The van der Waals surface area contributed by atoms with E-state index in [-0.39, 0.29) is 0 Å². The molecular weight excluding hydrogens is 110 g/mol. The van der Waals surface area contributed by atoms with E-state index >= 15 is 0 Å². The third-order valence-electron chi connectivity index (χ3n) is 1.08. The van der Waals surface area contributed by atoms with E-state index < -0.39 is 0 Å². The molecule has 0 aromatic rings. The van der Waals surface area contributed by atoms with Gasteiger partial charge in [0.15, 0.2) is 0 Å². The van der Waals surface area contributed by atoms with E-state index in [0.29, 0.717) is 0 Å². The predicted molar refractivity (Wildman–Crippen MR) is 44.8 cm³/mol. The van der Waals surface area contributed by atoms with Crippen molar-refractivity contribution in [2.45, 2.75) is 34.1 Å². The highest BCUT2D eigenvalue weighted by Gasteiger charge is 1.81. The van der Waals surface area contributed by atoms with E-state index in [0.717, 1.165) is 13.1 Å². The molecule has 0 N–H and O–H groups in total. The van der Waals surface area contributed by atoms with Crippen LogP contribution in [0.3, 0.4) is 0 Å². The number of nitrogens with zero attached hydrogens (tertiary/aromatic N) is 1. The van der Waals surface area contributed by atoms with E-state index in [1.54, 1.807) is 0 Å². The van der Waals surface area contributed by atoms with Crippen molar-refractivity contribution in [2.75, 3.05) is 20.1 Å². The SMILES string of the molecule is CCC.CCN(C)CC. The summed E-state index contributed by atoms with van der Waals surface area (Å²) in [7, 11) is 2.11. The smallest absolute Gasteiger partial charge is 0.00504 e. The first-order valence-corrected chi connectivity index (χ1v) is 3.91. The van der Waals surface area contributed by atoms with Gasteiger partial charge in [0.05, 0.1) is 0 Å². The lowest BCUT2D eigenvalue weighted by Crippen LogP contribution is -2.15. The standard InChI is InChI=1S/C5H13N.C3H8/c1-4-6(3)5-2;1-3-2/h4-5H2,1-3H3;3H2,1-2H3. The highest BCUT2D eigenvalue weighted by atomic mass is 15.1. The highest BCUT2D eigenvalue weighted by molar-refractivity contribution is 4.36. The lowest BCUT2D eigenvalue weighted by molar-refractivity contribution is 0.373. The van der Waals surface area contributed by atoms with Gasteiger partial charge in [0.25, 0.3) is 0 Å². The molecule has 0 aliphatic rings. The summed E-state index contributed by atoms with van der Waals surface area (Å²) in [5.41, 5.74) is 0. The fraction of sp³-hybridized carbons (Fsp3) is 1.00. The molecule has 58 valence electrons. The minimum Gasteiger partial charge on any atom is -0.307 e. The molecule has 0 aliphatic carbocycles. The molecule has 0 rings (SSSR count). The Bertz CT molecular complexity index is 31.5. The van der Waals surface area contributed by atoms with Crippen LogP contribution < -0.4 is 0 Å². The first-order chi connectivity index (χ1) is 4.22. The third kappa shape index (κ3) is 18.0. The summed E-state index contributed by atoms with van der Waals surface area (Å²) < 4.78 is 0. The third-order valence-corrected chi connectivity index (χ3v) is 1.08. The molecule has 0 fully saturated rings. The maximum absolute atomic E-state index is 2.25. The van der Waals surface area contributed by atoms with Gasteiger partial charge >= 0.3 is 0 Å². The largest absolute Gasteiger partial charge is 0.307 e. The summed E-state index contributed by atoms with van der Waals surface area (Å²) in [6.45, 7) is 10.9. The maximum atomic E-state index is 2.25. The van der Waals surface area contributed by atoms with E-state index in [4.69, 9.17) is 0 Å². The molecule has 0 amide bonds. The normalized spacial score (nSPS) is 8.67. The zero-order chi connectivity index (χ0) is 7.70. The van der Waals surface area contributed by atoms with Crippen LogP contribution in [0, 0.1) is 0 Å². The van der Waals surface area contributed by atoms with Crippen LogP contribution in [0.15, 0.2) is 0 Å². The van der Waals surface area contributed by atoms with Crippen molar-refractivity contribution in [3.63, 3.8) is 0 Å². The van der Waals surface area contributed by atoms with Crippen LogP contribution in [0.25, 0.3) is 0 Å². The fourth-order valence-electron chi connectivity index (χ4n) is 0.224. The molecule has 0 aliphatic heterocycles. The summed E-state index contributed by atoms with van der Waals surface area (Å²) in [6, 6.07) is 0. The van der Waals surface area contributed by atoms with Crippen molar-refractivity contribution in [1.29, 1.82) is 0 Å². The van der Waals surface area contributed by atoms with Gasteiger partial charge in [0.2, 0.25) is 0 Å². The lowest BCUT2D eigenvalue weighted by Gasteiger charge is -2.07. The van der Waals surface area contributed by atoms with E-state index in [2.05, 4.69) is 39.6 Å². The van der Waals surface area contributed by atoms with Crippen molar-refractivity contribution < 1.29 is 0 Å². The molecule has 0 unspecified atom stereocenters. The summed E-state index contributed by atoms with van der Waals surface area (Å²) >= 11 is 0. The first-order valence-electron chi connectivity index (χ1n) is 3.91. The Morgan fingerprint density at radius 1 is 0.889 bits per heavy atom. The second kappa shape index (κ2) is 10.9. The zero-order valence-corrected chi connectivity index (χ0v) is 7.57. The average molecular weight is 131 g/mol. The fourth-order valence-corrected chi connectivity index (χ4v) is 0.224. The van der Waals surface area contributed by atoms with Gasteiger partial charge in [-0.15, -0.1) is 0 Å². The Morgan fingerprint density at radius 3 is 1.11 bits per heavy atom. The monoisotopic (exact) mass is 131 g/mol. The summed E-state index contributed by atoms with van der Waals surface area (Å²) in [5, 5.41) is 0. The second-order valence-corrected chi connectivity index (χ2v) is 2.20. The minimum absolute atomic E-state index is 1.16. The molecule has 0 radical (unpaired) electrons. The van der Waals surface area contributed by atoms with E-state index in [1.165, 1.54) is 6.42 Å². The predicted octanol–water partition coefficient (Wildman–Crippen LogP) is 2.37. The van der Waals surface area contributed by atoms with Crippen LogP contribution in [0.1, 0.15) is 34.1 Å². The van der Waals surface area contributed by atoms with Crippen LogP contribution in [0.2, 0.25) is 0 Å². The summed E-state index contributed by atoms with van der Waals surface area (Å²) in [6.07, 6.45) is 1.25.